The molecule has 0 aliphatic carbocycles. The van der Waals surface area contributed by atoms with E-state index in [1.807, 2.05) is 55.5 Å². The Balaban J connectivity index is 1.86. The lowest BCUT2D eigenvalue weighted by atomic mass is 10.1. The van der Waals surface area contributed by atoms with Gasteiger partial charge in [0, 0.05) is 6.54 Å². The first-order chi connectivity index (χ1) is 10.2. The molecule has 4 heteroatoms. The van der Waals surface area contributed by atoms with E-state index >= 15 is 0 Å². The van der Waals surface area contributed by atoms with E-state index in [4.69, 9.17) is 10.00 Å². The Hall–Kier alpha value is -2.51. The van der Waals surface area contributed by atoms with Gasteiger partial charge in [-0.05, 0) is 30.7 Å². The van der Waals surface area contributed by atoms with Crippen molar-refractivity contribution in [2.75, 3.05) is 18.5 Å². The highest BCUT2D eigenvalue weighted by Crippen LogP contribution is 2.18. The fourth-order valence-electron chi connectivity index (χ4n) is 1.96. The predicted molar refractivity (Wildman–Crippen MR) is 82.3 cm³/mol. The molecule has 0 heterocycles. The van der Waals surface area contributed by atoms with Crippen molar-refractivity contribution < 1.29 is 9.84 Å². The zero-order valence-corrected chi connectivity index (χ0v) is 11.9. The van der Waals surface area contributed by atoms with Crippen LogP contribution in [0.15, 0.2) is 48.5 Å². The summed E-state index contributed by atoms with van der Waals surface area (Å²) in [6, 6.07) is 17.1. The third-order valence-electron chi connectivity index (χ3n) is 3.10. The van der Waals surface area contributed by atoms with Crippen molar-refractivity contribution in [3.05, 3.63) is 59.7 Å². The number of aliphatic hydroxyl groups excluding tert-OH is 1. The van der Waals surface area contributed by atoms with Crippen LogP contribution in [-0.4, -0.2) is 24.4 Å². The van der Waals surface area contributed by atoms with Crippen molar-refractivity contribution in [3.63, 3.8) is 0 Å². The minimum Gasteiger partial charge on any atom is -0.491 e. The molecule has 21 heavy (non-hydrogen) atoms. The molecular formula is C17H18N2O2. The van der Waals surface area contributed by atoms with Crippen LogP contribution < -0.4 is 10.1 Å². The van der Waals surface area contributed by atoms with Crippen molar-refractivity contribution in [3.8, 4) is 11.8 Å². The number of benzene rings is 2. The molecule has 1 unspecified atom stereocenters. The van der Waals surface area contributed by atoms with E-state index in [-0.39, 0.29) is 6.61 Å². The number of ether oxygens (including phenoxy) is 1. The molecule has 0 aromatic heterocycles. The van der Waals surface area contributed by atoms with E-state index in [9.17, 15) is 5.11 Å². The van der Waals surface area contributed by atoms with Gasteiger partial charge in [0.05, 0.1) is 11.3 Å². The van der Waals surface area contributed by atoms with Crippen molar-refractivity contribution in [2.24, 2.45) is 0 Å². The van der Waals surface area contributed by atoms with Gasteiger partial charge in [-0.25, -0.2) is 0 Å². The summed E-state index contributed by atoms with van der Waals surface area (Å²) in [7, 11) is 0. The molecule has 0 spiro atoms. The number of hydrogen-bond donors (Lipinski definition) is 2. The van der Waals surface area contributed by atoms with Gasteiger partial charge in [0.15, 0.2) is 0 Å². The van der Waals surface area contributed by atoms with Crippen molar-refractivity contribution in [1.29, 1.82) is 5.26 Å². The summed E-state index contributed by atoms with van der Waals surface area (Å²) in [4.78, 5) is 0. The third-order valence-corrected chi connectivity index (χ3v) is 3.10. The number of aliphatic hydroxyl groups is 1. The van der Waals surface area contributed by atoms with Crippen LogP contribution >= 0.6 is 0 Å². The molecule has 2 rings (SSSR count). The monoisotopic (exact) mass is 282 g/mol. The number of nitriles is 1. The van der Waals surface area contributed by atoms with Crippen LogP contribution in [0.1, 0.15) is 11.1 Å². The van der Waals surface area contributed by atoms with Gasteiger partial charge in [-0.15, -0.1) is 0 Å². The normalized spacial score (nSPS) is 11.5. The van der Waals surface area contributed by atoms with Crippen molar-refractivity contribution in [1.82, 2.24) is 0 Å². The van der Waals surface area contributed by atoms with E-state index in [1.165, 1.54) is 0 Å². The van der Waals surface area contributed by atoms with Gasteiger partial charge >= 0.3 is 0 Å². The lowest BCUT2D eigenvalue weighted by molar-refractivity contribution is 0.117. The Morgan fingerprint density at radius 1 is 1.19 bits per heavy atom. The second-order valence-electron chi connectivity index (χ2n) is 4.77. The Kier molecular flexibility index (Phi) is 5.19. The topological polar surface area (TPSA) is 65.3 Å². The van der Waals surface area contributed by atoms with Gasteiger partial charge in [0.1, 0.15) is 24.5 Å². The van der Waals surface area contributed by atoms with Gasteiger partial charge < -0.3 is 15.2 Å². The van der Waals surface area contributed by atoms with Gasteiger partial charge in [-0.1, -0.05) is 30.3 Å². The molecule has 0 amide bonds. The fourth-order valence-corrected chi connectivity index (χ4v) is 1.96. The quantitative estimate of drug-likeness (QED) is 0.855. The molecule has 0 bridgehead atoms. The predicted octanol–water partition coefficient (Wildman–Crippen LogP) is 2.72. The van der Waals surface area contributed by atoms with Crippen LogP contribution in [0.2, 0.25) is 0 Å². The molecule has 0 saturated carbocycles. The maximum Gasteiger partial charge on any atom is 0.119 e. The number of nitrogens with one attached hydrogen (secondary N) is 1. The molecule has 2 N–H and O–H groups in total. The van der Waals surface area contributed by atoms with Gasteiger partial charge in [0.25, 0.3) is 0 Å². The number of anilines is 1. The largest absolute Gasteiger partial charge is 0.491 e. The van der Waals surface area contributed by atoms with Gasteiger partial charge in [-0.2, -0.15) is 5.26 Å². The van der Waals surface area contributed by atoms with E-state index < -0.39 is 6.10 Å². The summed E-state index contributed by atoms with van der Waals surface area (Å²) in [5.74, 6) is 0.727. The second-order valence-corrected chi connectivity index (χ2v) is 4.77. The summed E-state index contributed by atoms with van der Waals surface area (Å²) in [5.41, 5.74) is 2.25. The highest BCUT2D eigenvalue weighted by Gasteiger charge is 2.08. The first-order valence-corrected chi connectivity index (χ1v) is 6.80. The molecule has 2 aromatic carbocycles. The standard InChI is InChI=1S/C17H18N2O2/c1-13-6-5-9-17(16(13)10-18)19-11-14(20)12-21-15-7-3-2-4-8-15/h2-9,14,19-20H,11-12H2,1H3. The summed E-state index contributed by atoms with van der Waals surface area (Å²) in [6.45, 7) is 2.41. The summed E-state index contributed by atoms with van der Waals surface area (Å²) in [6.07, 6.45) is -0.655. The number of nitrogens with zero attached hydrogens (tertiary/aromatic N) is 1. The highest BCUT2D eigenvalue weighted by molar-refractivity contribution is 5.60. The van der Waals surface area contributed by atoms with Crippen LogP contribution in [0.4, 0.5) is 5.69 Å². The van der Waals surface area contributed by atoms with Crippen LogP contribution in [0.3, 0.4) is 0 Å². The van der Waals surface area contributed by atoms with Gasteiger partial charge in [0.2, 0.25) is 0 Å². The third kappa shape index (κ3) is 4.23. The highest BCUT2D eigenvalue weighted by atomic mass is 16.5. The SMILES string of the molecule is Cc1cccc(NCC(O)COc2ccccc2)c1C#N. The molecule has 0 saturated heterocycles. The minimum atomic E-state index is -0.655. The Bertz CT molecular complexity index is 620. The molecule has 2 aromatic rings. The lowest BCUT2D eigenvalue weighted by Gasteiger charge is -2.15. The minimum absolute atomic E-state index is 0.199. The first-order valence-electron chi connectivity index (χ1n) is 6.80. The molecule has 0 fully saturated rings. The maximum absolute atomic E-state index is 9.93. The van der Waals surface area contributed by atoms with E-state index in [0.29, 0.717) is 12.1 Å². The van der Waals surface area contributed by atoms with Crippen LogP contribution in [0, 0.1) is 18.3 Å². The molecular weight excluding hydrogens is 264 g/mol. The summed E-state index contributed by atoms with van der Waals surface area (Å²) in [5, 5.41) is 22.2. The molecule has 0 radical (unpaired) electrons. The zero-order chi connectivity index (χ0) is 15.1. The van der Waals surface area contributed by atoms with Crippen molar-refractivity contribution in [2.45, 2.75) is 13.0 Å². The summed E-state index contributed by atoms with van der Waals surface area (Å²) < 4.78 is 5.48. The van der Waals surface area contributed by atoms with Crippen LogP contribution in [0.5, 0.6) is 5.75 Å². The van der Waals surface area contributed by atoms with Crippen LogP contribution in [-0.2, 0) is 0 Å². The molecule has 4 nitrogen and oxygen atoms in total. The number of aryl methyl sites for hydroxylation is 1. The molecule has 1 atom stereocenters. The molecule has 108 valence electrons. The number of hydrogen-bond acceptors (Lipinski definition) is 4. The molecule has 0 aliphatic rings. The maximum atomic E-state index is 9.93. The van der Waals surface area contributed by atoms with E-state index in [2.05, 4.69) is 11.4 Å². The van der Waals surface area contributed by atoms with Gasteiger partial charge in [-0.3, -0.25) is 0 Å². The number of rotatable bonds is 6. The average molecular weight is 282 g/mol. The van der Waals surface area contributed by atoms with E-state index in [1.54, 1.807) is 0 Å². The fraction of sp³-hybridized carbons (Fsp3) is 0.235. The number of para-hydroxylation sites is 1. The Labute approximate surface area is 124 Å². The zero-order valence-electron chi connectivity index (χ0n) is 11.9. The van der Waals surface area contributed by atoms with E-state index in [0.717, 1.165) is 17.0 Å². The van der Waals surface area contributed by atoms with Crippen LogP contribution in [0.25, 0.3) is 0 Å². The second kappa shape index (κ2) is 7.32. The average Bonchev–Trinajstić information content (AvgIpc) is 2.52. The molecule has 0 aliphatic heterocycles. The Morgan fingerprint density at radius 3 is 2.67 bits per heavy atom. The lowest BCUT2D eigenvalue weighted by Crippen LogP contribution is -2.26. The smallest absolute Gasteiger partial charge is 0.119 e. The van der Waals surface area contributed by atoms with Crippen molar-refractivity contribution >= 4 is 5.69 Å². The summed E-state index contributed by atoms with van der Waals surface area (Å²) >= 11 is 0. The Morgan fingerprint density at radius 2 is 1.95 bits per heavy atom. The first kappa shape index (κ1) is 14.9.